The predicted molar refractivity (Wildman–Crippen MR) is 72.7 cm³/mol. The summed E-state index contributed by atoms with van der Waals surface area (Å²) in [4.78, 5) is 11.3. The van der Waals surface area contributed by atoms with E-state index in [1.54, 1.807) is 6.07 Å². The van der Waals surface area contributed by atoms with Crippen LogP contribution < -0.4 is 9.62 Å². The molecule has 100 valence electrons. The fourth-order valence-electron chi connectivity index (χ4n) is 1.28. The highest BCUT2D eigenvalue weighted by molar-refractivity contribution is 7.92. The van der Waals surface area contributed by atoms with E-state index in [0.29, 0.717) is 0 Å². The van der Waals surface area contributed by atoms with Crippen LogP contribution in [0.15, 0.2) is 18.2 Å². The number of nitrogens with one attached hydrogen (secondary N) is 1. The zero-order valence-corrected chi connectivity index (χ0v) is 12.1. The smallest absolute Gasteiger partial charge is 0.240 e. The average molecular weight is 311 g/mol. The summed E-state index contributed by atoms with van der Waals surface area (Å²) in [5.74, 6) is -0.448. The van der Waals surface area contributed by atoms with Crippen molar-refractivity contribution in [3.8, 4) is 0 Å². The van der Waals surface area contributed by atoms with Crippen molar-refractivity contribution >= 4 is 44.8 Å². The number of anilines is 1. The Bertz CT molecular complexity index is 560. The molecule has 0 aromatic heterocycles. The van der Waals surface area contributed by atoms with Crippen molar-refractivity contribution in [1.82, 2.24) is 5.32 Å². The van der Waals surface area contributed by atoms with Crippen LogP contribution >= 0.6 is 23.2 Å². The molecule has 0 unspecified atom stereocenters. The zero-order valence-electron chi connectivity index (χ0n) is 9.78. The van der Waals surface area contributed by atoms with E-state index in [2.05, 4.69) is 5.32 Å². The van der Waals surface area contributed by atoms with Gasteiger partial charge in [0.2, 0.25) is 15.9 Å². The summed E-state index contributed by atoms with van der Waals surface area (Å²) in [6, 6.07) is 4.58. The molecule has 0 saturated carbocycles. The molecular weight excluding hydrogens is 299 g/mol. The van der Waals surface area contributed by atoms with Crippen molar-refractivity contribution in [2.24, 2.45) is 0 Å². The van der Waals surface area contributed by atoms with E-state index in [0.717, 1.165) is 10.6 Å². The summed E-state index contributed by atoms with van der Waals surface area (Å²) in [5, 5.41) is 2.66. The second-order valence-corrected chi connectivity index (χ2v) is 6.21. The summed E-state index contributed by atoms with van der Waals surface area (Å²) in [5.41, 5.74) is 0.176. The van der Waals surface area contributed by atoms with Gasteiger partial charge in [-0.15, -0.1) is 0 Å². The molecule has 0 aliphatic carbocycles. The number of hydrogen-bond acceptors (Lipinski definition) is 3. The number of carbonyl (C=O) groups excluding carboxylic acids is 1. The van der Waals surface area contributed by atoms with Crippen LogP contribution in [0.1, 0.15) is 0 Å². The fourth-order valence-corrected chi connectivity index (χ4v) is 2.58. The standard InChI is InChI=1S/C10H12Cl2N2O3S/c1-13-9(15)6-14(18(2,16)17)8-5-3-4-7(11)10(8)12/h3-5H,6H2,1-2H3,(H,13,15). The van der Waals surface area contributed by atoms with Gasteiger partial charge >= 0.3 is 0 Å². The minimum absolute atomic E-state index is 0.0912. The maximum absolute atomic E-state index is 11.7. The summed E-state index contributed by atoms with van der Waals surface area (Å²) in [6.07, 6.45) is 0.993. The van der Waals surface area contributed by atoms with E-state index in [1.807, 2.05) is 0 Å². The summed E-state index contributed by atoms with van der Waals surface area (Å²) in [6.45, 7) is -0.352. The van der Waals surface area contributed by atoms with E-state index in [1.165, 1.54) is 19.2 Å². The molecule has 0 aliphatic rings. The van der Waals surface area contributed by atoms with Gasteiger partial charge in [0.05, 0.1) is 22.0 Å². The molecule has 1 N–H and O–H groups in total. The molecule has 0 bridgehead atoms. The molecule has 0 aliphatic heterocycles. The lowest BCUT2D eigenvalue weighted by Crippen LogP contribution is -2.39. The van der Waals surface area contributed by atoms with Crippen molar-refractivity contribution in [1.29, 1.82) is 0 Å². The van der Waals surface area contributed by atoms with Gasteiger partial charge in [-0.2, -0.15) is 0 Å². The van der Waals surface area contributed by atoms with Gasteiger partial charge in [0.25, 0.3) is 0 Å². The fraction of sp³-hybridized carbons (Fsp3) is 0.300. The first kappa shape index (κ1) is 15.1. The Labute approximate surface area is 116 Å². The number of carbonyl (C=O) groups is 1. The van der Waals surface area contributed by atoms with Crippen LogP contribution in [-0.2, 0) is 14.8 Å². The molecule has 0 radical (unpaired) electrons. The van der Waals surface area contributed by atoms with Crippen molar-refractivity contribution in [2.45, 2.75) is 0 Å². The highest BCUT2D eigenvalue weighted by Gasteiger charge is 2.23. The third kappa shape index (κ3) is 3.51. The van der Waals surface area contributed by atoms with Gasteiger partial charge in [-0.3, -0.25) is 9.10 Å². The Kier molecular flexibility index (Phi) is 4.84. The van der Waals surface area contributed by atoms with Gasteiger partial charge in [-0.25, -0.2) is 8.42 Å². The van der Waals surface area contributed by atoms with Crippen LogP contribution in [-0.4, -0.2) is 34.2 Å². The van der Waals surface area contributed by atoms with Crippen LogP contribution in [0.25, 0.3) is 0 Å². The number of rotatable bonds is 4. The first-order valence-electron chi connectivity index (χ1n) is 4.89. The van der Waals surface area contributed by atoms with Gasteiger partial charge in [0, 0.05) is 7.05 Å². The number of sulfonamides is 1. The predicted octanol–water partition coefficient (Wildman–Crippen LogP) is 1.51. The number of likely N-dealkylation sites (N-methyl/N-ethyl adjacent to an activating group) is 1. The van der Waals surface area contributed by atoms with E-state index in [9.17, 15) is 13.2 Å². The molecule has 0 saturated heterocycles. The molecule has 0 atom stereocenters. The average Bonchev–Trinajstić information content (AvgIpc) is 2.28. The van der Waals surface area contributed by atoms with E-state index in [4.69, 9.17) is 23.2 Å². The molecule has 1 aromatic rings. The molecule has 0 fully saturated rings. The van der Waals surface area contributed by atoms with Crippen LogP contribution in [0.3, 0.4) is 0 Å². The largest absolute Gasteiger partial charge is 0.358 e. The van der Waals surface area contributed by atoms with E-state index < -0.39 is 15.9 Å². The normalized spacial score (nSPS) is 11.1. The topological polar surface area (TPSA) is 66.5 Å². The molecule has 8 heteroatoms. The third-order valence-electron chi connectivity index (χ3n) is 2.17. The van der Waals surface area contributed by atoms with Gasteiger partial charge in [-0.1, -0.05) is 29.3 Å². The summed E-state index contributed by atoms with van der Waals surface area (Å²) >= 11 is 11.8. The molecule has 1 aromatic carbocycles. The Morgan fingerprint density at radius 2 is 2.00 bits per heavy atom. The lowest BCUT2D eigenvalue weighted by atomic mass is 10.3. The van der Waals surface area contributed by atoms with Crippen molar-refractivity contribution < 1.29 is 13.2 Å². The molecule has 1 rings (SSSR count). The summed E-state index contributed by atoms with van der Waals surface area (Å²) in [7, 11) is -2.21. The second kappa shape index (κ2) is 5.77. The molecule has 1 amide bonds. The Balaban J connectivity index is 3.27. The molecule has 0 spiro atoms. The summed E-state index contributed by atoms with van der Waals surface area (Å²) < 4.78 is 24.3. The second-order valence-electron chi connectivity index (χ2n) is 3.52. The van der Waals surface area contributed by atoms with Crippen molar-refractivity contribution in [3.63, 3.8) is 0 Å². The van der Waals surface area contributed by atoms with Crippen LogP contribution in [0.5, 0.6) is 0 Å². The first-order chi connectivity index (χ1) is 8.27. The number of amides is 1. The van der Waals surface area contributed by atoms with Crippen molar-refractivity contribution in [2.75, 3.05) is 24.2 Å². The Morgan fingerprint density at radius 1 is 1.39 bits per heavy atom. The first-order valence-corrected chi connectivity index (χ1v) is 7.50. The number of nitrogens with zero attached hydrogens (tertiary/aromatic N) is 1. The monoisotopic (exact) mass is 310 g/mol. The lowest BCUT2D eigenvalue weighted by Gasteiger charge is -2.22. The Morgan fingerprint density at radius 3 is 2.50 bits per heavy atom. The third-order valence-corrected chi connectivity index (χ3v) is 4.10. The highest BCUT2D eigenvalue weighted by Crippen LogP contribution is 2.33. The van der Waals surface area contributed by atoms with Crippen molar-refractivity contribution in [3.05, 3.63) is 28.2 Å². The lowest BCUT2D eigenvalue weighted by molar-refractivity contribution is -0.119. The van der Waals surface area contributed by atoms with Crippen LogP contribution in [0.4, 0.5) is 5.69 Å². The minimum atomic E-state index is -3.63. The highest BCUT2D eigenvalue weighted by atomic mass is 35.5. The Hall–Kier alpha value is -0.980. The maximum atomic E-state index is 11.7. The number of benzene rings is 1. The number of halogens is 2. The SMILES string of the molecule is CNC(=O)CN(c1cccc(Cl)c1Cl)S(C)(=O)=O. The number of hydrogen-bond donors (Lipinski definition) is 1. The van der Waals surface area contributed by atoms with Gasteiger partial charge in [-0.05, 0) is 12.1 Å². The quantitative estimate of drug-likeness (QED) is 0.916. The van der Waals surface area contributed by atoms with Gasteiger partial charge in [0.15, 0.2) is 0 Å². The maximum Gasteiger partial charge on any atom is 0.240 e. The molecular formula is C10H12Cl2N2O3S. The minimum Gasteiger partial charge on any atom is -0.358 e. The van der Waals surface area contributed by atoms with Gasteiger partial charge in [0.1, 0.15) is 6.54 Å². The van der Waals surface area contributed by atoms with Crippen LogP contribution in [0.2, 0.25) is 10.0 Å². The van der Waals surface area contributed by atoms with E-state index in [-0.39, 0.29) is 22.3 Å². The zero-order chi connectivity index (χ0) is 13.9. The van der Waals surface area contributed by atoms with Crippen LogP contribution in [0, 0.1) is 0 Å². The van der Waals surface area contributed by atoms with E-state index >= 15 is 0 Å². The molecule has 0 heterocycles. The van der Waals surface area contributed by atoms with Gasteiger partial charge < -0.3 is 5.32 Å². The molecule has 18 heavy (non-hydrogen) atoms. The molecule has 5 nitrogen and oxygen atoms in total.